The minimum Gasteiger partial charge on any atom is -0.282 e. The van der Waals surface area contributed by atoms with Crippen LogP contribution in [0.15, 0.2) is 59.5 Å². The van der Waals surface area contributed by atoms with Gasteiger partial charge in [0.1, 0.15) is 0 Å². The highest BCUT2D eigenvalue weighted by molar-refractivity contribution is 7.85. The molecule has 0 aliphatic rings. The van der Waals surface area contributed by atoms with Crippen LogP contribution in [0.4, 0.5) is 0 Å². The van der Waals surface area contributed by atoms with E-state index in [-0.39, 0.29) is 4.90 Å². The van der Waals surface area contributed by atoms with Gasteiger partial charge in [-0.05, 0) is 54.9 Å². The molecule has 2 aromatic carbocycles. The molecular formula is C23H32O3S. The maximum atomic E-state index is 11.1. The van der Waals surface area contributed by atoms with E-state index in [2.05, 4.69) is 37.3 Å². The molecule has 0 heterocycles. The van der Waals surface area contributed by atoms with E-state index in [1.807, 2.05) is 0 Å². The standard InChI is InChI=1S/C23H32O3S/c1-2-3-4-6-12-22(21-13-7-5-8-14-21)15-10-9-11-20-16-18-23(19-17-20)27(24,25)26/h5,7-8,13-14,16-19,22H,2-4,6,9-12,15H2,1H3,(H,24,25,26). The van der Waals surface area contributed by atoms with Crippen LogP contribution in [0.2, 0.25) is 0 Å². The first-order chi connectivity index (χ1) is 13.0. The predicted octanol–water partition coefficient (Wildman–Crippen LogP) is 6.40. The van der Waals surface area contributed by atoms with Gasteiger partial charge in [-0.25, -0.2) is 0 Å². The second kappa shape index (κ2) is 11.3. The summed E-state index contributed by atoms with van der Waals surface area (Å²) in [6, 6.07) is 17.4. The first-order valence-corrected chi connectivity index (χ1v) is 11.6. The predicted molar refractivity (Wildman–Crippen MR) is 112 cm³/mol. The molecule has 0 fully saturated rings. The zero-order chi connectivity index (χ0) is 19.5. The highest BCUT2D eigenvalue weighted by atomic mass is 32.2. The maximum Gasteiger partial charge on any atom is 0.294 e. The SMILES string of the molecule is CCCCCCC(CCCCc1ccc(S(=O)(=O)O)cc1)c1ccccc1. The molecule has 0 radical (unpaired) electrons. The number of benzene rings is 2. The van der Waals surface area contributed by atoms with E-state index >= 15 is 0 Å². The fourth-order valence-electron chi connectivity index (χ4n) is 3.57. The van der Waals surface area contributed by atoms with E-state index in [9.17, 15) is 8.42 Å². The first-order valence-electron chi connectivity index (χ1n) is 10.1. The minimum atomic E-state index is -4.10. The average Bonchev–Trinajstić information content (AvgIpc) is 2.67. The van der Waals surface area contributed by atoms with Crippen LogP contribution in [-0.2, 0) is 16.5 Å². The molecule has 3 nitrogen and oxygen atoms in total. The Bertz CT molecular complexity index is 752. The molecule has 1 atom stereocenters. The fourth-order valence-corrected chi connectivity index (χ4v) is 4.05. The van der Waals surface area contributed by atoms with Gasteiger partial charge in [-0.1, -0.05) is 81.5 Å². The van der Waals surface area contributed by atoms with Crippen LogP contribution in [0, 0.1) is 0 Å². The van der Waals surface area contributed by atoms with Crippen LogP contribution < -0.4 is 0 Å². The number of unbranched alkanes of at least 4 members (excludes halogenated alkanes) is 4. The highest BCUT2D eigenvalue weighted by Crippen LogP contribution is 2.28. The lowest BCUT2D eigenvalue weighted by Gasteiger charge is -2.17. The summed E-state index contributed by atoms with van der Waals surface area (Å²) < 4.78 is 31.2. The van der Waals surface area contributed by atoms with Gasteiger partial charge in [0.2, 0.25) is 0 Å². The van der Waals surface area contributed by atoms with Gasteiger partial charge in [-0.3, -0.25) is 4.55 Å². The molecule has 27 heavy (non-hydrogen) atoms. The van der Waals surface area contributed by atoms with Gasteiger partial charge in [0.05, 0.1) is 4.90 Å². The minimum absolute atomic E-state index is 0.0394. The Balaban J connectivity index is 1.82. The molecule has 148 valence electrons. The second-order valence-electron chi connectivity index (χ2n) is 7.32. The molecule has 0 aromatic heterocycles. The van der Waals surface area contributed by atoms with Crippen LogP contribution in [0.1, 0.15) is 75.3 Å². The van der Waals surface area contributed by atoms with E-state index < -0.39 is 10.1 Å². The van der Waals surface area contributed by atoms with Crippen molar-refractivity contribution in [3.63, 3.8) is 0 Å². The summed E-state index contributed by atoms with van der Waals surface area (Å²) in [7, 11) is -4.10. The second-order valence-corrected chi connectivity index (χ2v) is 8.74. The van der Waals surface area contributed by atoms with Gasteiger partial charge in [0.15, 0.2) is 0 Å². The lowest BCUT2D eigenvalue weighted by molar-refractivity contribution is 0.483. The van der Waals surface area contributed by atoms with Gasteiger partial charge in [-0.2, -0.15) is 8.42 Å². The zero-order valence-electron chi connectivity index (χ0n) is 16.3. The van der Waals surface area contributed by atoms with E-state index in [0.29, 0.717) is 5.92 Å². The molecule has 0 bridgehead atoms. The summed E-state index contributed by atoms with van der Waals surface area (Å²) >= 11 is 0. The van der Waals surface area contributed by atoms with Crippen LogP contribution in [-0.4, -0.2) is 13.0 Å². The molecule has 0 aliphatic carbocycles. The van der Waals surface area contributed by atoms with Crippen molar-refractivity contribution >= 4 is 10.1 Å². The number of hydrogen-bond donors (Lipinski definition) is 1. The Hall–Kier alpha value is -1.65. The summed E-state index contributed by atoms with van der Waals surface area (Å²) in [6.45, 7) is 2.25. The summed E-state index contributed by atoms with van der Waals surface area (Å²) in [5.74, 6) is 0.630. The molecule has 0 saturated heterocycles. The van der Waals surface area contributed by atoms with E-state index in [1.54, 1.807) is 12.1 Å². The molecular weight excluding hydrogens is 356 g/mol. The molecule has 2 rings (SSSR count). The maximum absolute atomic E-state index is 11.1. The van der Waals surface area contributed by atoms with Crippen molar-refractivity contribution in [3.05, 3.63) is 65.7 Å². The lowest BCUT2D eigenvalue weighted by atomic mass is 9.88. The number of hydrogen-bond acceptors (Lipinski definition) is 2. The van der Waals surface area contributed by atoms with E-state index in [0.717, 1.165) is 24.8 Å². The largest absolute Gasteiger partial charge is 0.294 e. The van der Waals surface area contributed by atoms with Crippen molar-refractivity contribution in [2.75, 3.05) is 0 Å². The smallest absolute Gasteiger partial charge is 0.282 e. The summed E-state index contributed by atoms with van der Waals surface area (Å²) in [4.78, 5) is -0.0394. The number of rotatable bonds is 12. The Kier molecular flexibility index (Phi) is 9.02. The molecule has 2 aromatic rings. The topological polar surface area (TPSA) is 54.4 Å². The molecule has 4 heteroatoms. The van der Waals surface area contributed by atoms with Gasteiger partial charge in [0, 0.05) is 0 Å². The third-order valence-electron chi connectivity index (χ3n) is 5.17. The Labute approximate surface area is 164 Å². The highest BCUT2D eigenvalue weighted by Gasteiger charge is 2.11. The normalized spacial score (nSPS) is 12.8. The Morgan fingerprint density at radius 1 is 0.815 bits per heavy atom. The lowest BCUT2D eigenvalue weighted by Crippen LogP contribution is -2.00. The molecule has 0 saturated carbocycles. The van der Waals surface area contributed by atoms with Gasteiger partial charge in [0.25, 0.3) is 10.1 Å². The molecule has 1 unspecified atom stereocenters. The van der Waals surface area contributed by atoms with Crippen LogP contribution in [0.25, 0.3) is 0 Å². The average molecular weight is 389 g/mol. The third-order valence-corrected chi connectivity index (χ3v) is 6.03. The summed E-state index contributed by atoms with van der Waals surface area (Å²) in [5.41, 5.74) is 2.56. The fraction of sp³-hybridized carbons (Fsp3) is 0.478. The van der Waals surface area contributed by atoms with Gasteiger partial charge < -0.3 is 0 Å². The Morgan fingerprint density at radius 3 is 2.04 bits per heavy atom. The van der Waals surface area contributed by atoms with Crippen LogP contribution >= 0.6 is 0 Å². The summed E-state index contributed by atoms with van der Waals surface area (Å²) in [6.07, 6.45) is 10.8. The molecule has 0 spiro atoms. The van der Waals surface area contributed by atoms with E-state index in [4.69, 9.17) is 4.55 Å². The van der Waals surface area contributed by atoms with Crippen LogP contribution in [0.5, 0.6) is 0 Å². The van der Waals surface area contributed by atoms with Crippen molar-refractivity contribution in [1.29, 1.82) is 0 Å². The van der Waals surface area contributed by atoms with Crippen molar-refractivity contribution in [2.24, 2.45) is 0 Å². The molecule has 1 N–H and O–H groups in total. The Morgan fingerprint density at radius 2 is 1.44 bits per heavy atom. The van der Waals surface area contributed by atoms with Crippen molar-refractivity contribution in [1.82, 2.24) is 0 Å². The quantitative estimate of drug-likeness (QED) is 0.338. The van der Waals surface area contributed by atoms with Crippen molar-refractivity contribution in [2.45, 2.75) is 75.5 Å². The van der Waals surface area contributed by atoms with E-state index in [1.165, 1.54) is 56.2 Å². The number of aryl methyl sites for hydroxylation is 1. The third kappa shape index (κ3) is 7.86. The van der Waals surface area contributed by atoms with Crippen molar-refractivity contribution < 1.29 is 13.0 Å². The molecule has 0 aliphatic heterocycles. The van der Waals surface area contributed by atoms with Gasteiger partial charge in [-0.15, -0.1) is 0 Å². The first kappa shape index (κ1) is 21.6. The van der Waals surface area contributed by atoms with Crippen molar-refractivity contribution in [3.8, 4) is 0 Å². The zero-order valence-corrected chi connectivity index (χ0v) is 17.1. The monoisotopic (exact) mass is 388 g/mol. The molecule has 0 amide bonds. The summed E-state index contributed by atoms with van der Waals surface area (Å²) in [5, 5.41) is 0. The van der Waals surface area contributed by atoms with Crippen LogP contribution in [0.3, 0.4) is 0 Å². The van der Waals surface area contributed by atoms with Gasteiger partial charge >= 0.3 is 0 Å².